The molecule has 6 nitrogen and oxygen atoms in total. The molecule has 0 bridgehead atoms. The van der Waals surface area contributed by atoms with Gasteiger partial charge in [0.05, 0.1) is 6.10 Å². The summed E-state index contributed by atoms with van der Waals surface area (Å²) in [5.41, 5.74) is 5.60. The molecule has 5 N–H and O–H groups in total. The summed E-state index contributed by atoms with van der Waals surface area (Å²) < 4.78 is 0. The quantitative estimate of drug-likeness (QED) is 0.531. The summed E-state index contributed by atoms with van der Waals surface area (Å²) in [6.45, 7) is 5.32. The van der Waals surface area contributed by atoms with Crippen molar-refractivity contribution in [3.63, 3.8) is 0 Å². The van der Waals surface area contributed by atoms with Crippen LogP contribution in [0.4, 0.5) is 17.6 Å². The van der Waals surface area contributed by atoms with Crippen molar-refractivity contribution in [2.75, 3.05) is 29.5 Å². The molecule has 6 heteroatoms. The van der Waals surface area contributed by atoms with E-state index in [-0.39, 0.29) is 12.1 Å². The zero-order valence-corrected chi connectivity index (χ0v) is 10.4. The van der Waals surface area contributed by atoms with Gasteiger partial charge in [-0.15, -0.1) is 0 Å². The molecule has 96 valence electrons. The van der Waals surface area contributed by atoms with Crippen LogP contribution >= 0.6 is 0 Å². The minimum atomic E-state index is -0.260. The molecular formula is C11H21N5O. The average molecular weight is 239 g/mol. The molecule has 1 aromatic rings. The van der Waals surface area contributed by atoms with Crippen molar-refractivity contribution < 1.29 is 5.11 Å². The molecule has 0 aliphatic carbocycles. The van der Waals surface area contributed by atoms with Gasteiger partial charge in [-0.1, -0.05) is 0 Å². The predicted octanol–water partition coefficient (Wildman–Crippen LogP) is 1.06. The molecule has 0 amide bonds. The van der Waals surface area contributed by atoms with Crippen molar-refractivity contribution in [3.05, 3.63) is 6.07 Å². The standard InChI is InChI=1S/C11H21N5O/c1-3-13-9-7-10(16-11(12)15-9)14-6-4-5-8(2)17/h7-8,17H,3-6H2,1-2H3,(H4,12,13,14,15,16). The summed E-state index contributed by atoms with van der Waals surface area (Å²) >= 11 is 0. The molecular weight excluding hydrogens is 218 g/mol. The highest BCUT2D eigenvalue weighted by Crippen LogP contribution is 2.12. The Kier molecular flexibility index (Phi) is 5.48. The average Bonchev–Trinajstić information content (AvgIpc) is 2.24. The summed E-state index contributed by atoms with van der Waals surface area (Å²) in [7, 11) is 0. The minimum absolute atomic E-state index is 0.251. The number of rotatable bonds is 7. The van der Waals surface area contributed by atoms with Crippen molar-refractivity contribution >= 4 is 17.6 Å². The van der Waals surface area contributed by atoms with Gasteiger partial charge in [0.15, 0.2) is 0 Å². The highest BCUT2D eigenvalue weighted by molar-refractivity contribution is 5.50. The number of nitrogens with two attached hydrogens (primary N) is 1. The van der Waals surface area contributed by atoms with Crippen molar-refractivity contribution in [2.45, 2.75) is 32.8 Å². The van der Waals surface area contributed by atoms with Crippen LogP contribution in [0, 0.1) is 0 Å². The van der Waals surface area contributed by atoms with E-state index in [2.05, 4.69) is 20.6 Å². The van der Waals surface area contributed by atoms with Crippen molar-refractivity contribution in [1.82, 2.24) is 9.97 Å². The van der Waals surface area contributed by atoms with Gasteiger partial charge in [-0.3, -0.25) is 0 Å². The first-order chi connectivity index (χ1) is 8.11. The van der Waals surface area contributed by atoms with Crippen LogP contribution in [0.1, 0.15) is 26.7 Å². The van der Waals surface area contributed by atoms with Gasteiger partial charge < -0.3 is 21.5 Å². The number of aromatic nitrogens is 2. The number of aliphatic hydroxyl groups excluding tert-OH is 1. The van der Waals surface area contributed by atoms with E-state index in [1.807, 2.05) is 13.0 Å². The Hall–Kier alpha value is -1.56. The van der Waals surface area contributed by atoms with E-state index in [0.717, 1.165) is 31.7 Å². The number of anilines is 3. The van der Waals surface area contributed by atoms with Crippen LogP contribution in [0.15, 0.2) is 6.07 Å². The Morgan fingerprint density at radius 2 is 2.00 bits per heavy atom. The van der Waals surface area contributed by atoms with Gasteiger partial charge in [0.25, 0.3) is 0 Å². The van der Waals surface area contributed by atoms with E-state index in [4.69, 9.17) is 10.8 Å². The van der Waals surface area contributed by atoms with Gasteiger partial charge in [-0.2, -0.15) is 9.97 Å². The Balaban J connectivity index is 2.46. The van der Waals surface area contributed by atoms with Crippen LogP contribution in [-0.4, -0.2) is 34.3 Å². The van der Waals surface area contributed by atoms with Gasteiger partial charge in [0, 0.05) is 19.2 Å². The number of aliphatic hydroxyl groups is 1. The predicted molar refractivity (Wildman–Crippen MR) is 70.0 cm³/mol. The Morgan fingerprint density at radius 1 is 1.35 bits per heavy atom. The lowest BCUT2D eigenvalue weighted by Crippen LogP contribution is -2.10. The molecule has 0 radical (unpaired) electrons. The molecule has 1 atom stereocenters. The monoisotopic (exact) mass is 239 g/mol. The van der Waals surface area contributed by atoms with Crippen LogP contribution in [0.2, 0.25) is 0 Å². The molecule has 17 heavy (non-hydrogen) atoms. The van der Waals surface area contributed by atoms with Crippen LogP contribution < -0.4 is 16.4 Å². The molecule has 0 aliphatic rings. The topological polar surface area (TPSA) is 96.1 Å². The first-order valence-corrected chi connectivity index (χ1v) is 5.92. The van der Waals surface area contributed by atoms with Crippen molar-refractivity contribution in [3.8, 4) is 0 Å². The van der Waals surface area contributed by atoms with Crippen molar-refractivity contribution in [2.24, 2.45) is 0 Å². The van der Waals surface area contributed by atoms with Gasteiger partial charge >= 0.3 is 0 Å². The molecule has 0 saturated carbocycles. The number of nitrogens with zero attached hydrogens (tertiary/aromatic N) is 2. The fourth-order valence-corrected chi connectivity index (χ4v) is 1.44. The molecule has 1 aromatic heterocycles. The number of nitrogen functional groups attached to an aromatic ring is 1. The Bertz CT molecular complexity index is 343. The first kappa shape index (κ1) is 13.5. The first-order valence-electron chi connectivity index (χ1n) is 5.92. The maximum atomic E-state index is 9.12. The van der Waals surface area contributed by atoms with Crippen molar-refractivity contribution in [1.29, 1.82) is 0 Å². The molecule has 1 rings (SSSR count). The molecule has 0 aliphatic heterocycles. The van der Waals surface area contributed by atoms with Gasteiger partial charge in [-0.05, 0) is 26.7 Å². The molecule has 0 spiro atoms. The molecule has 0 saturated heterocycles. The van der Waals surface area contributed by atoms with Crippen LogP contribution in [-0.2, 0) is 0 Å². The van der Waals surface area contributed by atoms with Crippen LogP contribution in [0.3, 0.4) is 0 Å². The zero-order chi connectivity index (χ0) is 12.7. The SMILES string of the molecule is CCNc1cc(NCCCC(C)O)nc(N)n1. The summed E-state index contributed by atoms with van der Waals surface area (Å²) in [6.07, 6.45) is 1.40. The fourth-order valence-electron chi connectivity index (χ4n) is 1.44. The van der Waals surface area contributed by atoms with E-state index >= 15 is 0 Å². The van der Waals surface area contributed by atoms with Crippen LogP contribution in [0.25, 0.3) is 0 Å². The molecule has 0 fully saturated rings. The van der Waals surface area contributed by atoms with Gasteiger partial charge in [0.2, 0.25) is 5.95 Å². The maximum Gasteiger partial charge on any atom is 0.223 e. The normalized spacial score (nSPS) is 12.2. The second kappa shape index (κ2) is 6.90. The molecule has 1 unspecified atom stereocenters. The summed E-state index contributed by atoms with van der Waals surface area (Å²) in [5.74, 6) is 1.68. The third-order valence-electron chi connectivity index (χ3n) is 2.21. The smallest absolute Gasteiger partial charge is 0.223 e. The number of hydrogen-bond donors (Lipinski definition) is 4. The van der Waals surface area contributed by atoms with E-state index in [1.54, 1.807) is 6.92 Å². The summed E-state index contributed by atoms with van der Waals surface area (Å²) in [4.78, 5) is 8.14. The zero-order valence-electron chi connectivity index (χ0n) is 10.4. The third-order valence-corrected chi connectivity index (χ3v) is 2.21. The van der Waals surface area contributed by atoms with E-state index in [9.17, 15) is 0 Å². The van der Waals surface area contributed by atoms with E-state index in [1.165, 1.54) is 0 Å². The second-order valence-corrected chi connectivity index (χ2v) is 3.94. The van der Waals surface area contributed by atoms with Crippen LogP contribution in [0.5, 0.6) is 0 Å². The highest BCUT2D eigenvalue weighted by atomic mass is 16.3. The minimum Gasteiger partial charge on any atom is -0.393 e. The fraction of sp³-hybridized carbons (Fsp3) is 0.636. The maximum absolute atomic E-state index is 9.12. The largest absolute Gasteiger partial charge is 0.393 e. The van der Waals surface area contributed by atoms with Gasteiger partial charge in [-0.25, -0.2) is 0 Å². The van der Waals surface area contributed by atoms with E-state index < -0.39 is 0 Å². The molecule has 1 heterocycles. The summed E-state index contributed by atoms with van der Waals surface area (Å²) in [6, 6.07) is 1.82. The summed E-state index contributed by atoms with van der Waals surface area (Å²) in [5, 5.41) is 15.4. The van der Waals surface area contributed by atoms with Gasteiger partial charge in [0.1, 0.15) is 11.6 Å². The highest BCUT2D eigenvalue weighted by Gasteiger charge is 2.01. The molecule has 0 aromatic carbocycles. The number of nitrogens with one attached hydrogen (secondary N) is 2. The van der Waals surface area contributed by atoms with E-state index in [0.29, 0.717) is 5.82 Å². The lowest BCUT2D eigenvalue weighted by atomic mass is 10.2. The lowest BCUT2D eigenvalue weighted by Gasteiger charge is -2.09. The number of hydrogen-bond acceptors (Lipinski definition) is 6. The second-order valence-electron chi connectivity index (χ2n) is 3.94. The lowest BCUT2D eigenvalue weighted by molar-refractivity contribution is 0.183. The third kappa shape index (κ3) is 5.35. The Morgan fingerprint density at radius 3 is 2.59 bits per heavy atom. The Labute approximate surface area is 102 Å².